The average molecular weight is 312 g/mol. The van der Waals surface area contributed by atoms with Crippen molar-refractivity contribution in [2.24, 2.45) is 0 Å². The van der Waals surface area contributed by atoms with Gasteiger partial charge in [-0.25, -0.2) is 4.98 Å². The number of nitrogens with zero attached hydrogens (tertiary/aromatic N) is 1. The summed E-state index contributed by atoms with van der Waals surface area (Å²) in [6.07, 6.45) is 1.44. The molecule has 3 nitrogen and oxygen atoms in total. The number of hydrogen-bond acceptors (Lipinski definition) is 2. The van der Waals surface area contributed by atoms with Crippen molar-refractivity contribution in [2.75, 3.05) is 5.32 Å². The first-order valence-electron chi connectivity index (χ1n) is 4.84. The van der Waals surface area contributed by atoms with Gasteiger partial charge in [0.25, 0.3) is 5.91 Å². The van der Waals surface area contributed by atoms with Crippen LogP contribution in [0.4, 0.5) is 5.69 Å². The Hall–Kier alpha value is -1.39. The molecule has 2 rings (SSSR count). The number of amides is 1. The van der Waals surface area contributed by atoms with Crippen LogP contribution in [-0.2, 0) is 0 Å². The van der Waals surface area contributed by atoms with Crippen molar-refractivity contribution in [3.8, 4) is 0 Å². The molecule has 1 amide bonds. The minimum atomic E-state index is -0.270. The first kappa shape index (κ1) is 12.1. The Balaban J connectivity index is 2.17. The van der Waals surface area contributed by atoms with Crippen LogP contribution in [0.1, 0.15) is 10.5 Å². The van der Waals surface area contributed by atoms with Gasteiger partial charge >= 0.3 is 0 Å². The second kappa shape index (κ2) is 5.29. The third kappa shape index (κ3) is 3.05. The summed E-state index contributed by atoms with van der Waals surface area (Å²) in [6.45, 7) is 0. The molecular weight excluding hydrogens is 304 g/mol. The molecular formula is C12H8BrClN2O. The number of anilines is 1. The lowest BCUT2D eigenvalue weighted by Gasteiger charge is -2.06. The number of rotatable bonds is 2. The number of benzene rings is 1. The SMILES string of the molecule is O=C(Nc1ccccc1Br)c1ccc(Cl)cn1. The van der Waals surface area contributed by atoms with E-state index < -0.39 is 0 Å². The molecule has 0 radical (unpaired) electrons. The monoisotopic (exact) mass is 310 g/mol. The molecule has 86 valence electrons. The Morgan fingerprint density at radius 3 is 2.65 bits per heavy atom. The smallest absolute Gasteiger partial charge is 0.274 e. The number of carbonyl (C=O) groups is 1. The molecule has 1 aromatic heterocycles. The van der Waals surface area contributed by atoms with Crippen molar-refractivity contribution < 1.29 is 4.79 Å². The van der Waals surface area contributed by atoms with Crippen LogP contribution in [-0.4, -0.2) is 10.9 Å². The summed E-state index contributed by atoms with van der Waals surface area (Å²) >= 11 is 9.05. The number of halogens is 2. The molecule has 0 aliphatic rings. The lowest BCUT2D eigenvalue weighted by atomic mass is 10.3. The highest BCUT2D eigenvalue weighted by Crippen LogP contribution is 2.21. The Bertz CT molecular complexity index is 542. The van der Waals surface area contributed by atoms with Crippen LogP contribution in [0.25, 0.3) is 0 Å². The van der Waals surface area contributed by atoms with Crippen LogP contribution < -0.4 is 5.32 Å². The quantitative estimate of drug-likeness (QED) is 0.918. The summed E-state index contributed by atoms with van der Waals surface area (Å²) in [4.78, 5) is 15.8. The van der Waals surface area contributed by atoms with Gasteiger partial charge in [0, 0.05) is 10.7 Å². The van der Waals surface area contributed by atoms with E-state index in [-0.39, 0.29) is 5.91 Å². The van der Waals surface area contributed by atoms with Crippen molar-refractivity contribution in [1.82, 2.24) is 4.98 Å². The van der Waals surface area contributed by atoms with Gasteiger partial charge in [-0.05, 0) is 40.2 Å². The molecule has 17 heavy (non-hydrogen) atoms. The van der Waals surface area contributed by atoms with Crippen molar-refractivity contribution in [3.05, 3.63) is 57.8 Å². The summed E-state index contributed by atoms with van der Waals surface area (Å²) in [5.74, 6) is -0.270. The Labute approximate surface area is 112 Å². The van der Waals surface area contributed by atoms with Crippen molar-refractivity contribution in [1.29, 1.82) is 0 Å². The molecule has 5 heteroatoms. The van der Waals surface area contributed by atoms with Gasteiger partial charge in [0.1, 0.15) is 5.69 Å². The minimum absolute atomic E-state index is 0.270. The highest BCUT2D eigenvalue weighted by atomic mass is 79.9. The van der Waals surface area contributed by atoms with Gasteiger partial charge in [0.05, 0.1) is 10.7 Å². The molecule has 0 unspecified atom stereocenters. The van der Waals surface area contributed by atoms with E-state index in [4.69, 9.17) is 11.6 Å². The third-order valence-corrected chi connectivity index (χ3v) is 3.00. The highest BCUT2D eigenvalue weighted by molar-refractivity contribution is 9.10. The minimum Gasteiger partial charge on any atom is -0.320 e. The van der Waals surface area contributed by atoms with E-state index in [1.807, 2.05) is 18.2 Å². The molecule has 0 fully saturated rings. The van der Waals surface area contributed by atoms with Crippen molar-refractivity contribution in [2.45, 2.75) is 0 Å². The van der Waals surface area contributed by atoms with Crippen LogP contribution in [0, 0.1) is 0 Å². The normalized spacial score (nSPS) is 10.0. The molecule has 0 atom stereocenters. The maximum absolute atomic E-state index is 11.8. The predicted molar refractivity (Wildman–Crippen MR) is 71.3 cm³/mol. The maximum atomic E-state index is 11.8. The Kier molecular flexibility index (Phi) is 3.76. The average Bonchev–Trinajstić information content (AvgIpc) is 2.33. The molecule has 1 N–H and O–H groups in total. The van der Waals surface area contributed by atoms with Crippen LogP contribution >= 0.6 is 27.5 Å². The van der Waals surface area contributed by atoms with Gasteiger partial charge in [-0.3, -0.25) is 4.79 Å². The molecule has 0 aliphatic carbocycles. The van der Waals surface area contributed by atoms with E-state index >= 15 is 0 Å². The molecule has 0 spiro atoms. The fourth-order valence-electron chi connectivity index (χ4n) is 1.26. The number of nitrogens with one attached hydrogen (secondary N) is 1. The fourth-order valence-corrected chi connectivity index (χ4v) is 1.75. The standard InChI is InChI=1S/C12H8BrClN2O/c13-9-3-1-2-4-10(9)16-12(17)11-6-5-8(14)7-15-11/h1-7H,(H,16,17). The molecule has 0 saturated carbocycles. The zero-order valence-electron chi connectivity index (χ0n) is 8.65. The van der Waals surface area contributed by atoms with Crippen molar-refractivity contribution in [3.63, 3.8) is 0 Å². The van der Waals surface area contributed by atoms with Gasteiger partial charge in [-0.2, -0.15) is 0 Å². The Morgan fingerprint density at radius 1 is 1.24 bits per heavy atom. The first-order valence-corrected chi connectivity index (χ1v) is 6.01. The maximum Gasteiger partial charge on any atom is 0.274 e. The zero-order valence-corrected chi connectivity index (χ0v) is 11.0. The van der Waals surface area contributed by atoms with Crippen LogP contribution in [0.5, 0.6) is 0 Å². The van der Waals surface area contributed by atoms with Gasteiger partial charge in [0.15, 0.2) is 0 Å². The van der Waals surface area contributed by atoms with E-state index in [1.165, 1.54) is 6.20 Å². The summed E-state index contributed by atoms with van der Waals surface area (Å²) in [5, 5.41) is 3.26. The van der Waals surface area contributed by atoms with Crippen molar-refractivity contribution >= 4 is 39.1 Å². The van der Waals surface area contributed by atoms with Gasteiger partial charge in [-0.1, -0.05) is 23.7 Å². The lowest BCUT2D eigenvalue weighted by molar-refractivity contribution is 0.102. The summed E-state index contributed by atoms with van der Waals surface area (Å²) in [7, 11) is 0. The number of hydrogen-bond donors (Lipinski definition) is 1. The zero-order chi connectivity index (χ0) is 12.3. The van der Waals surface area contributed by atoms with Crippen LogP contribution in [0.2, 0.25) is 5.02 Å². The van der Waals surface area contributed by atoms with E-state index in [1.54, 1.807) is 18.2 Å². The second-order valence-electron chi connectivity index (χ2n) is 3.30. The molecule has 0 aliphatic heterocycles. The van der Waals surface area contributed by atoms with Crippen LogP contribution in [0.15, 0.2) is 47.1 Å². The van der Waals surface area contributed by atoms with Gasteiger partial charge in [0.2, 0.25) is 0 Å². The molecule has 0 saturated heterocycles. The topological polar surface area (TPSA) is 42.0 Å². The van der Waals surface area contributed by atoms with Gasteiger partial charge in [-0.15, -0.1) is 0 Å². The molecule has 1 aromatic carbocycles. The second-order valence-corrected chi connectivity index (χ2v) is 4.59. The van der Waals surface area contributed by atoms with E-state index in [2.05, 4.69) is 26.2 Å². The molecule has 2 aromatic rings. The summed E-state index contributed by atoms with van der Waals surface area (Å²) in [5.41, 5.74) is 1.03. The first-order chi connectivity index (χ1) is 8.16. The highest BCUT2D eigenvalue weighted by Gasteiger charge is 2.08. The Morgan fingerprint density at radius 2 is 2.00 bits per heavy atom. The largest absolute Gasteiger partial charge is 0.320 e. The van der Waals surface area contributed by atoms with Gasteiger partial charge < -0.3 is 5.32 Å². The lowest BCUT2D eigenvalue weighted by Crippen LogP contribution is -2.13. The third-order valence-electron chi connectivity index (χ3n) is 2.08. The number of para-hydroxylation sites is 1. The number of pyridine rings is 1. The summed E-state index contributed by atoms with van der Waals surface area (Å²) < 4.78 is 0.822. The molecule has 1 heterocycles. The fraction of sp³-hybridized carbons (Fsp3) is 0. The van der Waals surface area contributed by atoms with E-state index in [0.717, 1.165) is 4.47 Å². The van der Waals surface area contributed by atoms with Crippen LogP contribution in [0.3, 0.4) is 0 Å². The van der Waals surface area contributed by atoms with E-state index in [0.29, 0.717) is 16.4 Å². The predicted octanol–water partition coefficient (Wildman–Crippen LogP) is 3.75. The van der Waals surface area contributed by atoms with E-state index in [9.17, 15) is 4.79 Å². The number of carbonyl (C=O) groups excluding carboxylic acids is 1. The number of aromatic nitrogens is 1. The molecule has 0 bridgehead atoms. The summed E-state index contributed by atoms with van der Waals surface area (Å²) in [6, 6.07) is 10.6.